The van der Waals surface area contributed by atoms with Crippen LogP contribution < -0.4 is 5.32 Å². The lowest BCUT2D eigenvalue weighted by atomic mass is 10.1. The molecule has 1 amide bonds. The molecule has 1 aliphatic heterocycles. The second-order valence-corrected chi connectivity index (χ2v) is 5.55. The summed E-state index contributed by atoms with van der Waals surface area (Å²) in [5.74, 6) is 0.0733. The third kappa shape index (κ3) is 3.00. The van der Waals surface area contributed by atoms with E-state index in [-0.39, 0.29) is 5.91 Å². The number of nitrogens with zero attached hydrogens (tertiary/aromatic N) is 2. The van der Waals surface area contributed by atoms with Crippen molar-refractivity contribution < 1.29 is 4.79 Å². The molecule has 0 bridgehead atoms. The number of rotatable bonds is 3. The first-order valence-electron chi connectivity index (χ1n) is 7.19. The maximum Gasteiger partial charge on any atom is 0.253 e. The van der Waals surface area contributed by atoms with Gasteiger partial charge < -0.3 is 14.8 Å². The molecule has 0 saturated carbocycles. The van der Waals surface area contributed by atoms with Crippen molar-refractivity contribution in [1.82, 2.24) is 14.8 Å². The van der Waals surface area contributed by atoms with Crippen LogP contribution in [0.1, 0.15) is 41.5 Å². The summed E-state index contributed by atoms with van der Waals surface area (Å²) < 4.78 is 2.06. The van der Waals surface area contributed by atoms with Gasteiger partial charge in [-0.3, -0.25) is 4.79 Å². The largest absolute Gasteiger partial charge is 0.351 e. The summed E-state index contributed by atoms with van der Waals surface area (Å²) in [6.07, 6.45) is 2.26. The summed E-state index contributed by atoms with van der Waals surface area (Å²) in [6.45, 7) is 9.41. The highest BCUT2D eigenvalue weighted by Gasteiger charge is 2.22. The molecule has 1 aromatic rings. The minimum atomic E-state index is 0.0733. The number of hydrogen-bond acceptors (Lipinski definition) is 2. The number of aryl methyl sites for hydroxylation is 1. The van der Waals surface area contributed by atoms with Gasteiger partial charge in [-0.1, -0.05) is 6.92 Å². The van der Waals surface area contributed by atoms with E-state index < -0.39 is 0 Å². The lowest BCUT2D eigenvalue weighted by Crippen LogP contribution is -2.47. The summed E-state index contributed by atoms with van der Waals surface area (Å²) in [5.41, 5.74) is 2.98. The van der Waals surface area contributed by atoms with E-state index in [1.165, 1.54) is 6.42 Å². The molecular formula is C15H25N3O. The van der Waals surface area contributed by atoms with E-state index in [0.29, 0.717) is 6.04 Å². The highest BCUT2D eigenvalue weighted by Crippen LogP contribution is 2.15. The number of carbonyl (C=O) groups excluding carboxylic acids is 1. The number of nitrogens with one attached hydrogen (secondary N) is 1. The van der Waals surface area contributed by atoms with Crippen LogP contribution in [0.25, 0.3) is 0 Å². The zero-order valence-electron chi connectivity index (χ0n) is 12.5. The zero-order chi connectivity index (χ0) is 14.0. The summed E-state index contributed by atoms with van der Waals surface area (Å²) >= 11 is 0. The number of amides is 1. The molecular weight excluding hydrogens is 238 g/mol. The maximum absolute atomic E-state index is 12.4. The fourth-order valence-electron chi connectivity index (χ4n) is 2.81. The van der Waals surface area contributed by atoms with Crippen molar-refractivity contribution in [2.45, 2.75) is 39.7 Å². The molecule has 2 heterocycles. The maximum atomic E-state index is 12.4. The number of likely N-dealkylation sites (N-methyl/N-ethyl adjacent to an activating group) is 1. The van der Waals surface area contributed by atoms with Gasteiger partial charge in [-0.05, 0) is 45.8 Å². The fraction of sp³-hybridized carbons (Fsp3) is 0.667. The Balaban J connectivity index is 2.02. The van der Waals surface area contributed by atoms with Gasteiger partial charge in [-0.25, -0.2) is 0 Å². The molecule has 1 atom stereocenters. The van der Waals surface area contributed by atoms with Gasteiger partial charge in [-0.2, -0.15) is 0 Å². The second kappa shape index (κ2) is 5.78. The Morgan fingerprint density at radius 3 is 2.79 bits per heavy atom. The number of aromatic nitrogens is 1. The SMILES string of the molecule is CCN1CCC[C@H](NC(=O)c2cc(C)n(C)c2C)C1. The molecule has 0 radical (unpaired) electrons. The predicted octanol–water partition coefficient (Wildman–Crippen LogP) is 1.86. The van der Waals surface area contributed by atoms with E-state index in [4.69, 9.17) is 0 Å². The second-order valence-electron chi connectivity index (χ2n) is 5.55. The van der Waals surface area contributed by atoms with Gasteiger partial charge in [0.1, 0.15) is 0 Å². The molecule has 2 rings (SSSR count). The minimum absolute atomic E-state index is 0.0733. The lowest BCUT2D eigenvalue weighted by molar-refractivity contribution is 0.0905. The Labute approximate surface area is 115 Å². The quantitative estimate of drug-likeness (QED) is 0.904. The van der Waals surface area contributed by atoms with E-state index in [1.807, 2.05) is 27.0 Å². The van der Waals surface area contributed by atoms with Crippen molar-refractivity contribution in [2.24, 2.45) is 7.05 Å². The average molecular weight is 263 g/mol. The van der Waals surface area contributed by atoms with Gasteiger partial charge in [-0.15, -0.1) is 0 Å². The van der Waals surface area contributed by atoms with Crippen molar-refractivity contribution in [3.8, 4) is 0 Å². The normalized spacial score (nSPS) is 20.5. The topological polar surface area (TPSA) is 37.3 Å². The van der Waals surface area contributed by atoms with Gasteiger partial charge in [0.25, 0.3) is 5.91 Å². The Bertz CT molecular complexity index is 464. The van der Waals surface area contributed by atoms with Gasteiger partial charge >= 0.3 is 0 Å². The molecule has 4 heteroatoms. The monoisotopic (exact) mass is 263 g/mol. The average Bonchev–Trinajstić information content (AvgIpc) is 2.67. The van der Waals surface area contributed by atoms with Crippen LogP contribution in [0.15, 0.2) is 6.07 Å². The van der Waals surface area contributed by atoms with Crippen molar-refractivity contribution in [3.63, 3.8) is 0 Å². The van der Waals surface area contributed by atoms with Gasteiger partial charge in [0.2, 0.25) is 0 Å². The molecule has 1 N–H and O–H groups in total. The van der Waals surface area contributed by atoms with Crippen molar-refractivity contribution in [1.29, 1.82) is 0 Å². The van der Waals surface area contributed by atoms with Crippen molar-refractivity contribution in [3.05, 3.63) is 23.0 Å². The zero-order valence-corrected chi connectivity index (χ0v) is 12.5. The van der Waals surface area contributed by atoms with Crippen LogP contribution in [0.5, 0.6) is 0 Å². The first-order valence-corrected chi connectivity index (χ1v) is 7.19. The summed E-state index contributed by atoms with van der Waals surface area (Å²) in [7, 11) is 2.00. The Hall–Kier alpha value is -1.29. The minimum Gasteiger partial charge on any atom is -0.351 e. The van der Waals surface area contributed by atoms with Gasteiger partial charge in [0.15, 0.2) is 0 Å². The molecule has 1 saturated heterocycles. The molecule has 0 spiro atoms. The number of hydrogen-bond donors (Lipinski definition) is 1. The first kappa shape index (κ1) is 14.1. The Morgan fingerprint density at radius 2 is 2.21 bits per heavy atom. The van der Waals surface area contributed by atoms with Gasteiger partial charge in [0, 0.05) is 31.0 Å². The van der Waals surface area contributed by atoms with Crippen LogP contribution in [0, 0.1) is 13.8 Å². The van der Waals surface area contributed by atoms with Crippen molar-refractivity contribution >= 4 is 5.91 Å². The molecule has 0 aliphatic carbocycles. The standard InChI is InChI=1S/C15H25N3O/c1-5-18-8-6-7-13(10-18)16-15(19)14-9-11(2)17(4)12(14)3/h9,13H,5-8,10H2,1-4H3,(H,16,19)/t13-/m0/s1. The first-order chi connectivity index (χ1) is 9.02. The highest BCUT2D eigenvalue weighted by atomic mass is 16.1. The molecule has 4 nitrogen and oxygen atoms in total. The molecule has 1 fully saturated rings. The van der Waals surface area contributed by atoms with Crippen molar-refractivity contribution in [2.75, 3.05) is 19.6 Å². The molecule has 1 aromatic heterocycles. The third-order valence-electron chi connectivity index (χ3n) is 4.31. The van der Waals surface area contributed by atoms with E-state index in [9.17, 15) is 4.79 Å². The van der Waals surface area contributed by atoms with E-state index in [0.717, 1.165) is 43.0 Å². The lowest BCUT2D eigenvalue weighted by Gasteiger charge is -2.32. The molecule has 0 aromatic carbocycles. The number of piperidine rings is 1. The fourth-order valence-corrected chi connectivity index (χ4v) is 2.81. The van der Waals surface area contributed by atoms with Crippen LogP contribution in [0.2, 0.25) is 0 Å². The molecule has 1 aliphatic rings. The van der Waals surface area contributed by atoms with E-state index in [2.05, 4.69) is 21.7 Å². The Kier molecular flexibility index (Phi) is 4.30. The van der Waals surface area contributed by atoms with E-state index in [1.54, 1.807) is 0 Å². The summed E-state index contributed by atoms with van der Waals surface area (Å²) in [4.78, 5) is 14.8. The molecule has 19 heavy (non-hydrogen) atoms. The third-order valence-corrected chi connectivity index (χ3v) is 4.31. The number of carbonyl (C=O) groups is 1. The summed E-state index contributed by atoms with van der Waals surface area (Å²) in [6, 6.07) is 2.27. The Morgan fingerprint density at radius 1 is 1.47 bits per heavy atom. The van der Waals surface area contributed by atoms with Gasteiger partial charge in [0.05, 0.1) is 5.56 Å². The smallest absolute Gasteiger partial charge is 0.253 e. The molecule has 106 valence electrons. The van der Waals surface area contributed by atoms with Crippen LogP contribution in [-0.2, 0) is 7.05 Å². The van der Waals surface area contributed by atoms with Crippen LogP contribution in [0.3, 0.4) is 0 Å². The highest BCUT2D eigenvalue weighted by molar-refractivity contribution is 5.95. The van der Waals surface area contributed by atoms with Crippen LogP contribution in [0.4, 0.5) is 0 Å². The van der Waals surface area contributed by atoms with E-state index >= 15 is 0 Å². The summed E-state index contributed by atoms with van der Waals surface area (Å²) in [5, 5.41) is 3.19. The van der Waals surface area contributed by atoms with Crippen LogP contribution >= 0.6 is 0 Å². The molecule has 0 unspecified atom stereocenters. The predicted molar refractivity (Wildman–Crippen MR) is 77.5 cm³/mol. The van der Waals surface area contributed by atoms with Crippen LogP contribution in [-0.4, -0.2) is 41.1 Å². The number of likely N-dealkylation sites (tertiary alicyclic amines) is 1.